The van der Waals surface area contributed by atoms with Gasteiger partial charge in [-0.3, -0.25) is 9.59 Å². The average molecular weight is 338 g/mol. The number of rotatable bonds is 5. The van der Waals surface area contributed by atoms with Crippen LogP contribution < -0.4 is 5.32 Å². The van der Waals surface area contributed by atoms with E-state index in [9.17, 15) is 9.59 Å². The number of amides is 1. The Morgan fingerprint density at radius 2 is 1.95 bits per heavy atom. The summed E-state index contributed by atoms with van der Waals surface area (Å²) in [6.45, 7) is 0. The molecule has 1 atom stereocenters. The van der Waals surface area contributed by atoms with Crippen molar-refractivity contribution < 1.29 is 19.1 Å². The zero-order valence-electron chi connectivity index (χ0n) is 10.4. The van der Waals surface area contributed by atoms with Crippen molar-refractivity contribution >= 4 is 27.8 Å². The molecule has 2 N–H and O–H groups in total. The fourth-order valence-corrected chi connectivity index (χ4v) is 2.17. The summed E-state index contributed by atoms with van der Waals surface area (Å²) in [5.41, 5.74) is 0.728. The van der Waals surface area contributed by atoms with Crippen molar-refractivity contribution in [2.45, 2.75) is 12.5 Å². The van der Waals surface area contributed by atoms with E-state index in [0.29, 0.717) is 4.47 Å². The molecule has 1 aromatic carbocycles. The number of hydrogen-bond donors (Lipinski definition) is 2. The maximum Gasteiger partial charge on any atom is 0.305 e. The van der Waals surface area contributed by atoms with Crippen molar-refractivity contribution in [3.05, 3.63) is 58.5 Å². The number of carbonyl (C=O) groups is 2. The maximum absolute atomic E-state index is 12.1. The normalized spacial score (nSPS) is 11.8. The number of carboxylic acids is 1. The molecule has 0 bridgehead atoms. The van der Waals surface area contributed by atoms with Crippen molar-refractivity contribution in [3.63, 3.8) is 0 Å². The first-order chi connectivity index (χ1) is 9.58. The van der Waals surface area contributed by atoms with Gasteiger partial charge in [0.2, 0.25) is 5.76 Å². The Labute approximate surface area is 123 Å². The van der Waals surface area contributed by atoms with Gasteiger partial charge in [0.05, 0.1) is 23.2 Å². The van der Waals surface area contributed by atoms with E-state index in [-0.39, 0.29) is 12.2 Å². The van der Waals surface area contributed by atoms with Crippen LogP contribution in [0.5, 0.6) is 0 Å². The van der Waals surface area contributed by atoms with Crippen molar-refractivity contribution in [1.29, 1.82) is 0 Å². The van der Waals surface area contributed by atoms with E-state index in [2.05, 4.69) is 21.2 Å². The van der Waals surface area contributed by atoms with Crippen molar-refractivity contribution in [2.24, 2.45) is 0 Å². The third-order valence-electron chi connectivity index (χ3n) is 2.71. The highest BCUT2D eigenvalue weighted by Crippen LogP contribution is 2.21. The van der Waals surface area contributed by atoms with E-state index in [1.54, 1.807) is 30.3 Å². The van der Waals surface area contributed by atoms with Gasteiger partial charge in [-0.05, 0) is 27.6 Å². The summed E-state index contributed by atoms with van der Waals surface area (Å²) in [6.07, 6.45) is 1.18. The Kier molecular flexibility index (Phi) is 4.57. The molecule has 0 aliphatic carbocycles. The van der Waals surface area contributed by atoms with Gasteiger partial charge in [-0.25, -0.2) is 0 Å². The third-order valence-corrected chi connectivity index (χ3v) is 3.33. The van der Waals surface area contributed by atoms with Gasteiger partial charge in [0.15, 0.2) is 0 Å². The van der Waals surface area contributed by atoms with Crippen LogP contribution in [0.4, 0.5) is 0 Å². The van der Waals surface area contributed by atoms with E-state index in [4.69, 9.17) is 9.52 Å². The van der Waals surface area contributed by atoms with Crippen LogP contribution in [0.25, 0.3) is 0 Å². The Morgan fingerprint density at radius 1 is 1.25 bits per heavy atom. The summed E-state index contributed by atoms with van der Waals surface area (Å²) < 4.78 is 5.59. The number of benzene rings is 1. The topological polar surface area (TPSA) is 79.5 Å². The maximum atomic E-state index is 12.1. The number of halogens is 1. The highest BCUT2D eigenvalue weighted by atomic mass is 79.9. The number of furan rings is 1. The molecule has 104 valence electrons. The standard InChI is InChI=1S/C14H12BrNO4/c15-10-6-7-20-13(10)14(19)16-11(8-12(17)18)9-4-2-1-3-5-9/h1-7,11H,8H2,(H,16,19)(H,17,18)/t11-/m0/s1. The number of hydrogen-bond acceptors (Lipinski definition) is 3. The molecule has 0 saturated heterocycles. The van der Waals surface area contributed by atoms with Crippen molar-refractivity contribution in [1.82, 2.24) is 5.32 Å². The minimum Gasteiger partial charge on any atom is -0.481 e. The Hall–Kier alpha value is -2.08. The quantitative estimate of drug-likeness (QED) is 0.878. The molecule has 1 heterocycles. The molecule has 2 rings (SSSR count). The van der Waals surface area contributed by atoms with Gasteiger partial charge in [-0.2, -0.15) is 0 Å². The van der Waals surface area contributed by atoms with Gasteiger partial charge in [0.1, 0.15) is 0 Å². The number of carboxylic acid groups (broad SMARTS) is 1. The van der Waals surface area contributed by atoms with Gasteiger partial charge in [-0.15, -0.1) is 0 Å². The summed E-state index contributed by atoms with van der Waals surface area (Å²) in [5, 5.41) is 11.6. The summed E-state index contributed by atoms with van der Waals surface area (Å²) in [5.74, 6) is -1.33. The predicted molar refractivity (Wildman–Crippen MR) is 75.3 cm³/mol. The fourth-order valence-electron chi connectivity index (χ4n) is 1.79. The summed E-state index contributed by atoms with van der Waals surface area (Å²) in [7, 11) is 0. The zero-order valence-corrected chi connectivity index (χ0v) is 12.0. The summed E-state index contributed by atoms with van der Waals surface area (Å²) >= 11 is 3.19. The summed E-state index contributed by atoms with van der Waals surface area (Å²) in [4.78, 5) is 23.0. The lowest BCUT2D eigenvalue weighted by molar-refractivity contribution is -0.137. The molecule has 0 aliphatic rings. The molecular weight excluding hydrogens is 326 g/mol. The number of carbonyl (C=O) groups excluding carboxylic acids is 1. The molecule has 0 fully saturated rings. The Bertz CT molecular complexity index is 609. The van der Waals surface area contributed by atoms with E-state index in [0.717, 1.165) is 5.56 Å². The molecule has 0 radical (unpaired) electrons. The molecular formula is C14H12BrNO4. The molecule has 2 aromatic rings. The lowest BCUT2D eigenvalue weighted by Gasteiger charge is -2.16. The average Bonchev–Trinajstić information content (AvgIpc) is 2.85. The minimum atomic E-state index is -0.988. The van der Waals surface area contributed by atoms with E-state index in [1.807, 2.05) is 6.07 Å². The fraction of sp³-hybridized carbons (Fsp3) is 0.143. The van der Waals surface area contributed by atoms with Crippen LogP contribution in [0.2, 0.25) is 0 Å². The van der Waals surface area contributed by atoms with Crippen molar-refractivity contribution in [3.8, 4) is 0 Å². The smallest absolute Gasteiger partial charge is 0.305 e. The zero-order chi connectivity index (χ0) is 14.5. The SMILES string of the molecule is O=C(O)C[C@H](NC(=O)c1occc1Br)c1ccccc1. The first kappa shape index (κ1) is 14.3. The number of nitrogens with one attached hydrogen (secondary N) is 1. The van der Waals surface area contributed by atoms with Crippen LogP contribution in [0.15, 0.2) is 51.6 Å². The number of aliphatic carboxylic acids is 1. The molecule has 0 saturated carbocycles. The monoisotopic (exact) mass is 337 g/mol. The van der Waals surface area contributed by atoms with Gasteiger partial charge in [0, 0.05) is 0 Å². The Balaban J connectivity index is 2.18. The van der Waals surface area contributed by atoms with E-state index in [1.165, 1.54) is 6.26 Å². The van der Waals surface area contributed by atoms with Crippen LogP contribution in [0.3, 0.4) is 0 Å². The molecule has 1 aromatic heterocycles. The molecule has 0 unspecified atom stereocenters. The van der Waals surface area contributed by atoms with Crippen LogP contribution in [-0.2, 0) is 4.79 Å². The molecule has 6 heteroatoms. The second kappa shape index (κ2) is 6.38. The molecule has 0 aliphatic heterocycles. The van der Waals surface area contributed by atoms with Gasteiger partial charge in [-0.1, -0.05) is 30.3 Å². The highest BCUT2D eigenvalue weighted by Gasteiger charge is 2.21. The van der Waals surface area contributed by atoms with Crippen molar-refractivity contribution in [2.75, 3.05) is 0 Å². The van der Waals surface area contributed by atoms with Crippen LogP contribution in [-0.4, -0.2) is 17.0 Å². The van der Waals surface area contributed by atoms with Crippen LogP contribution >= 0.6 is 15.9 Å². The predicted octanol–water partition coefficient (Wildman–Crippen LogP) is 2.99. The molecule has 0 spiro atoms. The minimum absolute atomic E-state index is 0.122. The molecule has 1 amide bonds. The van der Waals surface area contributed by atoms with Gasteiger partial charge in [0.25, 0.3) is 5.91 Å². The van der Waals surface area contributed by atoms with Crippen LogP contribution in [0, 0.1) is 0 Å². The first-order valence-electron chi connectivity index (χ1n) is 5.88. The largest absolute Gasteiger partial charge is 0.481 e. The molecule has 5 nitrogen and oxygen atoms in total. The van der Waals surface area contributed by atoms with Crippen LogP contribution in [0.1, 0.15) is 28.6 Å². The van der Waals surface area contributed by atoms with E-state index < -0.39 is 17.9 Å². The first-order valence-corrected chi connectivity index (χ1v) is 6.68. The highest BCUT2D eigenvalue weighted by molar-refractivity contribution is 9.10. The van der Waals surface area contributed by atoms with E-state index >= 15 is 0 Å². The van der Waals surface area contributed by atoms with Gasteiger partial charge >= 0.3 is 5.97 Å². The molecule has 20 heavy (non-hydrogen) atoms. The lowest BCUT2D eigenvalue weighted by Crippen LogP contribution is -2.30. The summed E-state index contributed by atoms with van der Waals surface area (Å²) in [6, 6.07) is 9.93. The lowest BCUT2D eigenvalue weighted by atomic mass is 10.0. The second-order valence-corrected chi connectivity index (χ2v) is 4.99. The Morgan fingerprint density at radius 3 is 2.50 bits per heavy atom. The second-order valence-electron chi connectivity index (χ2n) is 4.13. The third kappa shape index (κ3) is 3.48. The van der Waals surface area contributed by atoms with Gasteiger partial charge < -0.3 is 14.8 Å².